The Hall–Kier alpha value is -1.96. The van der Waals surface area contributed by atoms with Crippen LogP contribution in [0.25, 0.3) is 21.9 Å². The first-order valence-electron chi connectivity index (χ1n) is 5.35. The number of benzene rings is 2. The van der Waals surface area contributed by atoms with E-state index < -0.39 is 0 Å². The Bertz CT molecular complexity index is 652. The summed E-state index contributed by atoms with van der Waals surface area (Å²) in [4.78, 5) is 2.07. The Kier molecular flexibility index (Phi) is 1.90. The molecule has 0 fully saturated rings. The van der Waals surface area contributed by atoms with Crippen molar-refractivity contribution in [1.29, 1.82) is 0 Å². The fourth-order valence-electron chi connectivity index (χ4n) is 2.08. The fourth-order valence-corrected chi connectivity index (χ4v) is 2.08. The van der Waals surface area contributed by atoms with Crippen LogP contribution in [0.5, 0.6) is 0 Å². The summed E-state index contributed by atoms with van der Waals surface area (Å²) in [5.41, 5.74) is 3.04. The van der Waals surface area contributed by atoms with Gasteiger partial charge in [0.25, 0.3) is 0 Å². The van der Waals surface area contributed by atoms with Gasteiger partial charge in [0.1, 0.15) is 5.58 Å². The van der Waals surface area contributed by atoms with Gasteiger partial charge in [-0.2, -0.15) is 0 Å². The van der Waals surface area contributed by atoms with Crippen LogP contribution in [0.3, 0.4) is 0 Å². The highest BCUT2D eigenvalue weighted by atomic mass is 16.3. The van der Waals surface area contributed by atoms with E-state index in [1.54, 1.807) is 0 Å². The predicted molar refractivity (Wildman–Crippen MR) is 68.0 cm³/mol. The van der Waals surface area contributed by atoms with Gasteiger partial charge in [-0.3, -0.25) is 0 Å². The van der Waals surface area contributed by atoms with Crippen molar-refractivity contribution in [3.8, 4) is 0 Å². The zero-order chi connectivity index (χ0) is 11.1. The van der Waals surface area contributed by atoms with Gasteiger partial charge in [0.2, 0.25) is 0 Å². The summed E-state index contributed by atoms with van der Waals surface area (Å²) in [6, 6.07) is 14.4. The third-order valence-corrected chi connectivity index (χ3v) is 2.87. The molecule has 2 aromatic carbocycles. The lowest BCUT2D eigenvalue weighted by molar-refractivity contribution is 0.668. The maximum absolute atomic E-state index is 5.90. The van der Waals surface area contributed by atoms with Gasteiger partial charge in [-0.15, -0.1) is 0 Å². The lowest BCUT2D eigenvalue weighted by atomic mass is 10.1. The highest BCUT2D eigenvalue weighted by molar-refractivity contribution is 6.08. The second kappa shape index (κ2) is 3.27. The summed E-state index contributed by atoms with van der Waals surface area (Å²) in [5.74, 6) is 0. The summed E-state index contributed by atoms with van der Waals surface area (Å²) >= 11 is 0. The molecule has 3 aromatic rings. The number of fused-ring (bicyclic) bond motifs is 3. The fraction of sp³-hybridized carbons (Fsp3) is 0.143. The maximum atomic E-state index is 5.90. The van der Waals surface area contributed by atoms with Crippen LogP contribution in [0.1, 0.15) is 0 Å². The molecular formula is C14H13NO. The number of nitrogens with zero attached hydrogens (tertiary/aromatic N) is 1. The quantitative estimate of drug-likeness (QED) is 0.610. The lowest BCUT2D eigenvalue weighted by Crippen LogP contribution is -2.08. The highest BCUT2D eigenvalue weighted by Gasteiger charge is 2.10. The minimum Gasteiger partial charge on any atom is -0.454 e. The molecule has 2 heteroatoms. The SMILES string of the molecule is CN(C)c1cccc2c1oc1ccccc12. The molecule has 1 heterocycles. The van der Waals surface area contributed by atoms with Crippen molar-refractivity contribution < 1.29 is 4.42 Å². The van der Waals surface area contributed by atoms with Gasteiger partial charge in [-0.25, -0.2) is 0 Å². The summed E-state index contributed by atoms with van der Waals surface area (Å²) < 4.78 is 5.90. The monoisotopic (exact) mass is 211 g/mol. The van der Waals surface area contributed by atoms with Gasteiger partial charge in [0.15, 0.2) is 5.58 Å². The van der Waals surface area contributed by atoms with Crippen molar-refractivity contribution in [2.75, 3.05) is 19.0 Å². The molecule has 0 amide bonds. The molecule has 80 valence electrons. The van der Waals surface area contributed by atoms with Crippen LogP contribution in [0.4, 0.5) is 5.69 Å². The third-order valence-electron chi connectivity index (χ3n) is 2.87. The predicted octanol–water partition coefficient (Wildman–Crippen LogP) is 3.65. The minimum atomic E-state index is 0.951. The summed E-state index contributed by atoms with van der Waals surface area (Å²) in [5, 5.41) is 2.36. The summed E-state index contributed by atoms with van der Waals surface area (Å²) in [6.07, 6.45) is 0. The van der Waals surface area contributed by atoms with E-state index in [9.17, 15) is 0 Å². The van der Waals surface area contributed by atoms with Crippen molar-refractivity contribution in [3.05, 3.63) is 42.5 Å². The second-order valence-corrected chi connectivity index (χ2v) is 4.15. The molecule has 0 spiro atoms. The Labute approximate surface area is 94.1 Å². The number of para-hydroxylation sites is 2. The Morgan fingerprint density at radius 2 is 1.62 bits per heavy atom. The third kappa shape index (κ3) is 1.20. The van der Waals surface area contributed by atoms with Crippen molar-refractivity contribution in [2.24, 2.45) is 0 Å². The standard InChI is InChI=1S/C14H13NO/c1-15(2)12-8-5-7-11-10-6-3-4-9-13(10)16-14(11)12/h3-9H,1-2H3. The Morgan fingerprint density at radius 3 is 2.44 bits per heavy atom. The second-order valence-electron chi connectivity index (χ2n) is 4.15. The molecule has 0 N–H and O–H groups in total. The van der Waals surface area contributed by atoms with Gasteiger partial charge in [-0.1, -0.05) is 30.3 Å². The molecule has 0 bridgehead atoms. The average Bonchev–Trinajstić information content (AvgIpc) is 2.67. The topological polar surface area (TPSA) is 16.4 Å². The number of hydrogen-bond donors (Lipinski definition) is 0. The highest BCUT2D eigenvalue weighted by Crippen LogP contribution is 2.33. The number of furan rings is 1. The molecule has 0 aliphatic heterocycles. The van der Waals surface area contributed by atoms with Crippen molar-refractivity contribution in [1.82, 2.24) is 0 Å². The van der Waals surface area contributed by atoms with Crippen LogP contribution in [-0.2, 0) is 0 Å². The molecule has 1 aromatic heterocycles. The van der Waals surface area contributed by atoms with Crippen LogP contribution in [0.15, 0.2) is 46.9 Å². The Morgan fingerprint density at radius 1 is 0.875 bits per heavy atom. The van der Waals surface area contributed by atoms with E-state index in [1.165, 1.54) is 10.8 Å². The molecule has 0 aliphatic rings. The molecule has 3 rings (SSSR count). The van der Waals surface area contributed by atoms with Crippen LogP contribution < -0.4 is 4.90 Å². The zero-order valence-corrected chi connectivity index (χ0v) is 9.40. The summed E-state index contributed by atoms with van der Waals surface area (Å²) in [7, 11) is 4.06. The maximum Gasteiger partial charge on any atom is 0.158 e. The first-order valence-corrected chi connectivity index (χ1v) is 5.35. The molecular weight excluding hydrogens is 198 g/mol. The van der Waals surface area contributed by atoms with E-state index >= 15 is 0 Å². The van der Waals surface area contributed by atoms with E-state index in [4.69, 9.17) is 4.42 Å². The number of anilines is 1. The van der Waals surface area contributed by atoms with Crippen molar-refractivity contribution >= 4 is 27.6 Å². The average molecular weight is 211 g/mol. The van der Waals surface area contributed by atoms with Crippen molar-refractivity contribution in [3.63, 3.8) is 0 Å². The first kappa shape index (κ1) is 9.28. The molecule has 2 nitrogen and oxygen atoms in total. The van der Waals surface area contributed by atoms with Crippen LogP contribution in [-0.4, -0.2) is 14.1 Å². The minimum absolute atomic E-state index is 0.951. The molecule has 16 heavy (non-hydrogen) atoms. The molecule has 0 unspecified atom stereocenters. The molecule has 0 radical (unpaired) electrons. The first-order chi connectivity index (χ1) is 7.77. The van der Waals surface area contributed by atoms with Gasteiger partial charge < -0.3 is 9.32 Å². The molecule has 0 atom stereocenters. The van der Waals surface area contributed by atoms with E-state index in [1.807, 2.05) is 32.3 Å². The van der Waals surface area contributed by atoms with E-state index in [0.717, 1.165) is 16.9 Å². The zero-order valence-electron chi connectivity index (χ0n) is 9.40. The van der Waals surface area contributed by atoms with E-state index in [-0.39, 0.29) is 0 Å². The Balaban J connectivity index is 2.49. The van der Waals surface area contributed by atoms with Gasteiger partial charge >= 0.3 is 0 Å². The number of rotatable bonds is 1. The van der Waals surface area contributed by atoms with Crippen LogP contribution >= 0.6 is 0 Å². The number of hydrogen-bond acceptors (Lipinski definition) is 2. The summed E-state index contributed by atoms with van der Waals surface area (Å²) in [6.45, 7) is 0. The van der Waals surface area contributed by atoms with Gasteiger partial charge in [0.05, 0.1) is 5.69 Å². The van der Waals surface area contributed by atoms with Gasteiger partial charge in [0, 0.05) is 24.9 Å². The normalized spacial score (nSPS) is 11.1. The van der Waals surface area contributed by atoms with Crippen molar-refractivity contribution in [2.45, 2.75) is 0 Å². The molecule has 0 aliphatic carbocycles. The largest absolute Gasteiger partial charge is 0.454 e. The van der Waals surface area contributed by atoms with Crippen LogP contribution in [0, 0.1) is 0 Å². The van der Waals surface area contributed by atoms with Crippen LogP contribution in [0.2, 0.25) is 0 Å². The van der Waals surface area contributed by atoms with E-state index in [2.05, 4.69) is 29.2 Å². The molecule has 0 saturated carbocycles. The van der Waals surface area contributed by atoms with Gasteiger partial charge in [-0.05, 0) is 12.1 Å². The lowest BCUT2D eigenvalue weighted by Gasteiger charge is -2.11. The molecule has 0 saturated heterocycles. The smallest absolute Gasteiger partial charge is 0.158 e. The van der Waals surface area contributed by atoms with E-state index in [0.29, 0.717) is 0 Å².